The van der Waals surface area contributed by atoms with Gasteiger partial charge >= 0.3 is 0 Å². The third-order valence-corrected chi connectivity index (χ3v) is 4.15. The van der Waals surface area contributed by atoms with E-state index >= 15 is 0 Å². The predicted octanol–water partition coefficient (Wildman–Crippen LogP) is 1.32. The first kappa shape index (κ1) is 11.1. The summed E-state index contributed by atoms with van der Waals surface area (Å²) in [5.74, 6) is 0. The second-order valence-corrected chi connectivity index (χ2v) is 5.34. The van der Waals surface area contributed by atoms with Crippen LogP contribution in [0.2, 0.25) is 0 Å². The van der Waals surface area contributed by atoms with E-state index in [1.54, 1.807) is 6.33 Å². The number of nitrogens with zero attached hydrogens (tertiary/aromatic N) is 3. The normalized spacial score (nSPS) is 33.6. The minimum atomic E-state index is 0.409. The van der Waals surface area contributed by atoms with Crippen molar-refractivity contribution in [1.29, 1.82) is 0 Å². The molecule has 2 saturated heterocycles. The van der Waals surface area contributed by atoms with Gasteiger partial charge in [-0.2, -0.15) is 0 Å². The molecule has 0 spiro atoms. The highest BCUT2D eigenvalue weighted by molar-refractivity contribution is 5.02. The van der Waals surface area contributed by atoms with E-state index < -0.39 is 0 Å². The van der Waals surface area contributed by atoms with E-state index in [0.717, 1.165) is 25.1 Å². The minimum Gasteiger partial charge on any atom is -0.328 e. The van der Waals surface area contributed by atoms with E-state index in [-0.39, 0.29) is 0 Å². The lowest BCUT2D eigenvalue weighted by Crippen LogP contribution is -2.54. The number of aromatic nitrogens is 2. The van der Waals surface area contributed by atoms with E-state index in [4.69, 9.17) is 5.73 Å². The first-order valence-electron chi connectivity index (χ1n) is 6.59. The van der Waals surface area contributed by atoms with Gasteiger partial charge in [0.1, 0.15) is 6.33 Å². The molecule has 3 rings (SSSR count). The van der Waals surface area contributed by atoms with Crippen molar-refractivity contribution < 1.29 is 0 Å². The zero-order valence-corrected chi connectivity index (χ0v) is 10.1. The molecule has 17 heavy (non-hydrogen) atoms. The van der Waals surface area contributed by atoms with Gasteiger partial charge in [0.05, 0.1) is 5.69 Å². The molecule has 3 heterocycles. The molecule has 1 aromatic rings. The molecule has 0 aromatic carbocycles. The maximum Gasteiger partial charge on any atom is 0.115 e. The Bertz CT molecular complexity index is 353. The smallest absolute Gasteiger partial charge is 0.115 e. The third-order valence-electron chi connectivity index (χ3n) is 4.15. The van der Waals surface area contributed by atoms with E-state index in [1.165, 1.54) is 19.3 Å². The predicted molar refractivity (Wildman–Crippen MR) is 66.2 cm³/mol. The van der Waals surface area contributed by atoms with Gasteiger partial charge in [-0.1, -0.05) is 6.42 Å². The molecule has 2 bridgehead atoms. The largest absolute Gasteiger partial charge is 0.328 e. The van der Waals surface area contributed by atoms with Crippen molar-refractivity contribution in [2.75, 3.05) is 0 Å². The summed E-state index contributed by atoms with van der Waals surface area (Å²) in [5.41, 5.74) is 7.26. The van der Waals surface area contributed by atoms with Crippen LogP contribution in [0.1, 0.15) is 37.8 Å². The maximum absolute atomic E-state index is 6.13. The number of rotatable bonds is 2. The Kier molecular flexibility index (Phi) is 3.07. The highest BCUT2D eigenvalue weighted by Gasteiger charge is 2.36. The van der Waals surface area contributed by atoms with E-state index in [2.05, 4.69) is 14.9 Å². The molecule has 2 fully saturated rings. The van der Waals surface area contributed by atoms with Crippen molar-refractivity contribution in [1.82, 2.24) is 14.9 Å². The molecule has 0 aliphatic carbocycles. The molecule has 2 aliphatic rings. The summed E-state index contributed by atoms with van der Waals surface area (Å²) in [5, 5.41) is 0. The zero-order valence-electron chi connectivity index (χ0n) is 10.1. The van der Waals surface area contributed by atoms with Crippen LogP contribution in [0.3, 0.4) is 0 Å². The summed E-state index contributed by atoms with van der Waals surface area (Å²) in [6.45, 7) is 0.963. The van der Waals surface area contributed by atoms with Gasteiger partial charge in [-0.05, 0) is 31.7 Å². The molecular weight excluding hydrogens is 212 g/mol. The number of nitrogens with two attached hydrogens (primary N) is 1. The summed E-state index contributed by atoms with van der Waals surface area (Å²) in [6.07, 6.45) is 9.74. The summed E-state index contributed by atoms with van der Waals surface area (Å²) >= 11 is 0. The fraction of sp³-hybridized carbons (Fsp3) is 0.692. The van der Waals surface area contributed by atoms with E-state index in [1.807, 2.05) is 12.3 Å². The highest BCUT2D eigenvalue weighted by atomic mass is 15.2. The molecule has 0 saturated carbocycles. The number of piperidine rings is 2. The van der Waals surface area contributed by atoms with Gasteiger partial charge in [0.2, 0.25) is 0 Å². The van der Waals surface area contributed by atoms with Crippen molar-refractivity contribution in [3.63, 3.8) is 0 Å². The van der Waals surface area contributed by atoms with Crippen molar-refractivity contribution >= 4 is 0 Å². The van der Waals surface area contributed by atoms with Crippen molar-refractivity contribution in [2.24, 2.45) is 5.73 Å². The van der Waals surface area contributed by atoms with Gasteiger partial charge < -0.3 is 5.73 Å². The Hall–Kier alpha value is -1.00. The van der Waals surface area contributed by atoms with Crippen LogP contribution in [0.5, 0.6) is 0 Å². The zero-order chi connectivity index (χ0) is 11.7. The Balaban J connectivity index is 1.74. The molecular formula is C13H20N4. The maximum atomic E-state index is 6.13. The molecule has 0 amide bonds. The molecule has 1 aromatic heterocycles. The lowest BCUT2D eigenvalue weighted by Gasteiger charge is -2.48. The summed E-state index contributed by atoms with van der Waals surface area (Å²) < 4.78 is 0. The summed E-state index contributed by atoms with van der Waals surface area (Å²) in [7, 11) is 0. The van der Waals surface area contributed by atoms with Crippen LogP contribution in [0.25, 0.3) is 0 Å². The van der Waals surface area contributed by atoms with Crippen molar-refractivity contribution in [2.45, 2.75) is 56.8 Å². The second-order valence-electron chi connectivity index (χ2n) is 5.34. The van der Waals surface area contributed by atoms with Crippen LogP contribution in [0.15, 0.2) is 18.6 Å². The molecule has 0 radical (unpaired) electrons. The standard InChI is InChI=1S/C13H20N4/c14-10-6-12-2-1-3-13(7-10)17(12)8-11-4-5-15-9-16-11/h4-5,9-10,12-13H,1-3,6-8,14H2. The van der Waals surface area contributed by atoms with Crippen LogP contribution >= 0.6 is 0 Å². The molecule has 2 atom stereocenters. The average molecular weight is 232 g/mol. The molecule has 4 heteroatoms. The Morgan fingerprint density at radius 1 is 1.29 bits per heavy atom. The van der Waals surface area contributed by atoms with Crippen LogP contribution in [0.4, 0.5) is 0 Å². The number of hydrogen-bond donors (Lipinski definition) is 1. The number of fused-ring (bicyclic) bond motifs is 2. The lowest BCUT2D eigenvalue weighted by molar-refractivity contribution is 0.0235. The van der Waals surface area contributed by atoms with Gasteiger partial charge in [0, 0.05) is 30.9 Å². The van der Waals surface area contributed by atoms with Gasteiger partial charge in [-0.3, -0.25) is 4.90 Å². The Morgan fingerprint density at radius 3 is 2.71 bits per heavy atom. The summed E-state index contributed by atoms with van der Waals surface area (Å²) in [6, 6.07) is 3.77. The van der Waals surface area contributed by atoms with Crippen LogP contribution in [0, 0.1) is 0 Å². The monoisotopic (exact) mass is 232 g/mol. The third kappa shape index (κ3) is 2.33. The highest BCUT2D eigenvalue weighted by Crippen LogP contribution is 2.34. The van der Waals surface area contributed by atoms with E-state index in [9.17, 15) is 0 Å². The first-order chi connectivity index (χ1) is 8.33. The topological polar surface area (TPSA) is 55.0 Å². The quantitative estimate of drug-likeness (QED) is 0.835. The van der Waals surface area contributed by atoms with Crippen LogP contribution < -0.4 is 5.73 Å². The van der Waals surface area contributed by atoms with Gasteiger partial charge in [0.25, 0.3) is 0 Å². The summed E-state index contributed by atoms with van der Waals surface area (Å²) in [4.78, 5) is 10.9. The number of hydrogen-bond acceptors (Lipinski definition) is 4. The van der Waals surface area contributed by atoms with Crippen LogP contribution in [-0.4, -0.2) is 33.0 Å². The fourth-order valence-corrected chi connectivity index (χ4v) is 3.38. The molecule has 2 aliphatic heterocycles. The SMILES string of the molecule is NC1CC2CCCC(C1)N2Cc1ccncn1. The van der Waals surface area contributed by atoms with Gasteiger partial charge in [0.15, 0.2) is 0 Å². The Labute approximate surface area is 102 Å². The van der Waals surface area contributed by atoms with Crippen molar-refractivity contribution in [3.05, 3.63) is 24.3 Å². The second kappa shape index (κ2) is 4.70. The molecule has 4 nitrogen and oxygen atoms in total. The lowest BCUT2D eigenvalue weighted by atomic mass is 9.82. The molecule has 2 unspecified atom stereocenters. The molecule has 92 valence electrons. The van der Waals surface area contributed by atoms with Gasteiger partial charge in [-0.25, -0.2) is 9.97 Å². The molecule has 2 N–H and O–H groups in total. The van der Waals surface area contributed by atoms with Gasteiger partial charge in [-0.15, -0.1) is 0 Å². The van der Waals surface area contributed by atoms with E-state index in [0.29, 0.717) is 18.1 Å². The van der Waals surface area contributed by atoms with Crippen molar-refractivity contribution in [3.8, 4) is 0 Å². The first-order valence-corrected chi connectivity index (χ1v) is 6.59. The minimum absolute atomic E-state index is 0.409. The Morgan fingerprint density at radius 2 is 2.06 bits per heavy atom. The van der Waals surface area contributed by atoms with Crippen LogP contribution in [-0.2, 0) is 6.54 Å². The average Bonchev–Trinajstić information content (AvgIpc) is 2.32. The fourth-order valence-electron chi connectivity index (χ4n) is 3.38.